The molecule has 1 saturated heterocycles. The van der Waals surface area contributed by atoms with Gasteiger partial charge in [-0.2, -0.15) is 0 Å². The summed E-state index contributed by atoms with van der Waals surface area (Å²) >= 11 is 0. The molecule has 1 aliphatic heterocycles. The number of nitrogens with zero attached hydrogens (tertiary/aromatic N) is 1. The summed E-state index contributed by atoms with van der Waals surface area (Å²) in [5, 5.41) is 3.76. The zero-order valence-corrected chi connectivity index (χ0v) is 13.7. The van der Waals surface area contributed by atoms with Crippen molar-refractivity contribution >= 4 is 5.69 Å². The van der Waals surface area contributed by atoms with Gasteiger partial charge in [0.1, 0.15) is 0 Å². The second-order valence-electron chi connectivity index (χ2n) is 7.72. The van der Waals surface area contributed by atoms with Crippen molar-refractivity contribution in [2.24, 2.45) is 11.3 Å². The molecule has 0 amide bonds. The van der Waals surface area contributed by atoms with E-state index in [0.717, 1.165) is 19.0 Å². The average Bonchev–Trinajstić information content (AvgIpc) is 2.36. The van der Waals surface area contributed by atoms with Gasteiger partial charge < -0.3 is 10.2 Å². The normalized spacial score (nSPS) is 23.9. The maximum Gasteiger partial charge on any atom is 0.0367 e. The molecule has 1 fully saturated rings. The SMILES string of the molecule is Cc1ccc(N2CC(C)CC(NCC(C)(C)C)C2)cc1. The summed E-state index contributed by atoms with van der Waals surface area (Å²) in [6.07, 6.45) is 1.29. The Morgan fingerprint density at radius 3 is 2.40 bits per heavy atom. The van der Waals surface area contributed by atoms with E-state index in [1.807, 2.05) is 0 Å². The first-order valence-corrected chi connectivity index (χ1v) is 7.88. The molecule has 0 spiro atoms. The Morgan fingerprint density at radius 1 is 1.15 bits per heavy atom. The van der Waals surface area contributed by atoms with E-state index < -0.39 is 0 Å². The molecule has 1 heterocycles. The molecule has 1 aromatic rings. The van der Waals surface area contributed by atoms with Crippen LogP contribution in [-0.2, 0) is 0 Å². The van der Waals surface area contributed by atoms with Gasteiger partial charge in [0.25, 0.3) is 0 Å². The van der Waals surface area contributed by atoms with Gasteiger partial charge in [0, 0.05) is 31.4 Å². The average molecular weight is 274 g/mol. The molecule has 1 aliphatic rings. The number of hydrogen-bond donors (Lipinski definition) is 1. The van der Waals surface area contributed by atoms with E-state index >= 15 is 0 Å². The van der Waals surface area contributed by atoms with Crippen LogP contribution in [0.3, 0.4) is 0 Å². The highest BCUT2D eigenvalue weighted by molar-refractivity contribution is 5.48. The Hall–Kier alpha value is -1.02. The van der Waals surface area contributed by atoms with Gasteiger partial charge in [0.2, 0.25) is 0 Å². The van der Waals surface area contributed by atoms with E-state index in [2.05, 4.69) is 69.1 Å². The molecule has 2 nitrogen and oxygen atoms in total. The van der Waals surface area contributed by atoms with Crippen molar-refractivity contribution in [3.63, 3.8) is 0 Å². The fraction of sp³-hybridized carbons (Fsp3) is 0.667. The molecule has 2 heteroatoms. The Kier molecular flexibility index (Phi) is 4.74. The van der Waals surface area contributed by atoms with Crippen LogP contribution in [0.4, 0.5) is 5.69 Å². The highest BCUT2D eigenvalue weighted by Gasteiger charge is 2.25. The van der Waals surface area contributed by atoms with Crippen molar-refractivity contribution in [3.8, 4) is 0 Å². The van der Waals surface area contributed by atoms with Gasteiger partial charge in [-0.1, -0.05) is 45.4 Å². The molecular weight excluding hydrogens is 244 g/mol. The van der Waals surface area contributed by atoms with Crippen molar-refractivity contribution in [1.82, 2.24) is 5.32 Å². The summed E-state index contributed by atoms with van der Waals surface area (Å²) in [4.78, 5) is 2.54. The van der Waals surface area contributed by atoms with Crippen LogP contribution in [0.25, 0.3) is 0 Å². The zero-order chi connectivity index (χ0) is 14.8. The van der Waals surface area contributed by atoms with Crippen LogP contribution in [0.5, 0.6) is 0 Å². The number of anilines is 1. The largest absolute Gasteiger partial charge is 0.370 e. The predicted molar refractivity (Wildman–Crippen MR) is 88.4 cm³/mol. The van der Waals surface area contributed by atoms with E-state index in [0.29, 0.717) is 11.5 Å². The molecule has 2 atom stereocenters. The Labute approximate surface area is 124 Å². The lowest BCUT2D eigenvalue weighted by atomic mass is 9.92. The van der Waals surface area contributed by atoms with E-state index in [-0.39, 0.29) is 0 Å². The van der Waals surface area contributed by atoms with Crippen molar-refractivity contribution < 1.29 is 0 Å². The van der Waals surface area contributed by atoms with Crippen LogP contribution in [-0.4, -0.2) is 25.7 Å². The summed E-state index contributed by atoms with van der Waals surface area (Å²) in [6, 6.07) is 9.56. The third-order valence-electron chi connectivity index (χ3n) is 3.98. The monoisotopic (exact) mass is 274 g/mol. The van der Waals surface area contributed by atoms with Crippen molar-refractivity contribution in [2.45, 2.75) is 47.1 Å². The molecule has 0 aliphatic carbocycles. The number of rotatable bonds is 3. The second-order valence-corrected chi connectivity index (χ2v) is 7.72. The van der Waals surface area contributed by atoms with Crippen LogP contribution >= 0.6 is 0 Å². The zero-order valence-electron chi connectivity index (χ0n) is 13.7. The van der Waals surface area contributed by atoms with E-state index in [1.54, 1.807) is 0 Å². The van der Waals surface area contributed by atoms with Crippen LogP contribution in [0.15, 0.2) is 24.3 Å². The molecule has 112 valence electrons. The quantitative estimate of drug-likeness (QED) is 0.901. The van der Waals surface area contributed by atoms with Crippen molar-refractivity contribution in [2.75, 3.05) is 24.5 Å². The summed E-state index contributed by atoms with van der Waals surface area (Å²) in [5.74, 6) is 0.752. The molecule has 0 saturated carbocycles. The fourth-order valence-electron chi connectivity index (χ4n) is 2.92. The van der Waals surface area contributed by atoms with Gasteiger partial charge >= 0.3 is 0 Å². The molecule has 1 N–H and O–H groups in total. The van der Waals surface area contributed by atoms with E-state index in [1.165, 1.54) is 24.2 Å². The first-order valence-electron chi connectivity index (χ1n) is 7.88. The van der Waals surface area contributed by atoms with Gasteiger partial charge in [0.05, 0.1) is 0 Å². The summed E-state index contributed by atoms with van der Waals surface area (Å²) < 4.78 is 0. The molecule has 0 bridgehead atoms. The van der Waals surface area contributed by atoms with Crippen LogP contribution in [0, 0.1) is 18.3 Å². The first kappa shape index (κ1) is 15.4. The number of piperidine rings is 1. The van der Waals surface area contributed by atoms with Gasteiger partial charge in [-0.15, -0.1) is 0 Å². The summed E-state index contributed by atoms with van der Waals surface area (Å²) in [7, 11) is 0. The van der Waals surface area contributed by atoms with Crippen LogP contribution < -0.4 is 10.2 Å². The molecule has 20 heavy (non-hydrogen) atoms. The van der Waals surface area contributed by atoms with Crippen molar-refractivity contribution in [3.05, 3.63) is 29.8 Å². The van der Waals surface area contributed by atoms with Crippen LogP contribution in [0.1, 0.15) is 39.7 Å². The predicted octanol–water partition coefficient (Wildman–Crippen LogP) is 3.85. The number of aryl methyl sites for hydroxylation is 1. The molecule has 0 aromatic heterocycles. The molecule has 2 rings (SSSR count). The lowest BCUT2D eigenvalue weighted by Gasteiger charge is -2.39. The maximum atomic E-state index is 3.76. The summed E-state index contributed by atoms with van der Waals surface area (Å²) in [6.45, 7) is 14.8. The molecule has 1 aromatic carbocycles. The lowest BCUT2D eigenvalue weighted by Crippen LogP contribution is -2.50. The van der Waals surface area contributed by atoms with Gasteiger partial charge in [-0.05, 0) is 36.8 Å². The minimum atomic E-state index is 0.357. The minimum absolute atomic E-state index is 0.357. The smallest absolute Gasteiger partial charge is 0.0367 e. The fourth-order valence-corrected chi connectivity index (χ4v) is 2.92. The Morgan fingerprint density at radius 2 is 1.80 bits per heavy atom. The first-order chi connectivity index (χ1) is 9.33. The summed E-state index contributed by atoms with van der Waals surface area (Å²) in [5.41, 5.74) is 3.06. The van der Waals surface area contributed by atoms with E-state index in [9.17, 15) is 0 Å². The lowest BCUT2D eigenvalue weighted by molar-refractivity contribution is 0.300. The Balaban J connectivity index is 1.99. The van der Waals surface area contributed by atoms with Gasteiger partial charge in [-0.25, -0.2) is 0 Å². The van der Waals surface area contributed by atoms with E-state index in [4.69, 9.17) is 0 Å². The molecule has 2 unspecified atom stereocenters. The standard InChI is InChI=1S/C18H30N2/c1-14-6-8-17(9-7-14)20-11-15(2)10-16(12-20)19-13-18(3,4)5/h6-9,15-16,19H,10-13H2,1-5H3. The highest BCUT2D eigenvalue weighted by Crippen LogP contribution is 2.24. The third-order valence-corrected chi connectivity index (χ3v) is 3.98. The topological polar surface area (TPSA) is 15.3 Å². The van der Waals surface area contributed by atoms with Gasteiger partial charge in [-0.3, -0.25) is 0 Å². The second kappa shape index (κ2) is 6.17. The number of nitrogens with one attached hydrogen (secondary N) is 1. The highest BCUT2D eigenvalue weighted by atomic mass is 15.2. The number of benzene rings is 1. The van der Waals surface area contributed by atoms with Gasteiger partial charge in [0.15, 0.2) is 0 Å². The van der Waals surface area contributed by atoms with Crippen molar-refractivity contribution in [1.29, 1.82) is 0 Å². The van der Waals surface area contributed by atoms with Crippen LogP contribution in [0.2, 0.25) is 0 Å². The number of hydrogen-bond acceptors (Lipinski definition) is 2. The minimum Gasteiger partial charge on any atom is -0.370 e. The Bertz CT molecular complexity index is 416. The maximum absolute atomic E-state index is 3.76. The molecule has 0 radical (unpaired) electrons. The molecular formula is C18H30N2. The third kappa shape index (κ3) is 4.52.